The first kappa shape index (κ1) is 18.2. The monoisotopic (exact) mass is 290 g/mol. The second-order valence-electron chi connectivity index (χ2n) is 4.39. The molecule has 0 aromatic carbocycles. The summed E-state index contributed by atoms with van der Waals surface area (Å²) in [6, 6.07) is -0.598. The predicted molar refractivity (Wildman–Crippen MR) is 79.3 cm³/mol. The molecule has 112 valence electrons. The second kappa shape index (κ2) is 12.3. The van der Waals surface area contributed by atoms with E-state index in [0.29, 0.717) is 6.54 Å². The van der Waals surface area contributed by atoms with E-state index in [2.05, 4.69) is 21.6 Å². The Balaban J connectivity index is 3.63. The van der Waals surface area contributed by atoms with E-state index in [-0.39, 0.29) is 5.91 Å². The second-order valence-corrected chi connectivity index (χ2v) is 5.37. The highest BCUT2D eigenvalue weighted by Crippen LogP contribution is 2.03. The fourth-order valence-electron chi connectivity index (χ4n) is 1.68. The molecule has 19 heavy (non-hydrogen) atoms. The Labute approximate surface area is 120 Å². The maximum atomic E-state index is 11.4. The summed E-state index contributed by atoms with van der Waals surface area (Å²) in [6.07, 6.45) is 6.90. The average molecular weight is 290 g/mol. The van der Waals surface area contributed by atoms with Gasteiger partial charge in [-0.25, -0.2) is 4.79 Å². The standard InChI is InChI=1S/C13H26N2O3S/c1-11(16)15-12(13(17)18-2)10-14-8-6-4-5-7-9-19-3/h12,14H,4-10H2,1-3H3,(H,15,16). The molecule has 0 aliphatic heterocycles. The van der Waals surface area contributed by atoms with Gasteiger partial charge in [-0.1, -0.05) is 12.8 Å². The third-order valence-electron chi connectivity index (χ3n) is 2.66. The fourth-order valence-corrected chi connectivity index (χ4v) is 2.17. The number of unbranched alkanes of at least 4 members (excludes halogenated alkanes) is 3. The van der Waals surface area contributed by atoms with Crippen LogP contribution in [0.25, 0.3) is 0 Å². The van der Waals surface area contributed by atoms with E-state index in [9.17, 15) is 9.59 Å². The van der Waals surface area contributed by atoms with Gasteiger partial charge in [0.15, 0.2) is 0 Å². The van der Waals surface area contributed by atoms with Crippen LogP contribution in [0.5, 0.6) is 0 Å². The molecule has 1 atom stereocenters. The number of amides is 1. The van der Waals surface area contributed by atoms with Gasteiger partial charge < -0.3 is 15.4 Å². The first-order chi connectivity index (χ1) is 9.11. The molecule has 0 saturated carbocycles. The molecule has 0 rings (SSSR count). The van der Waals surface area contributed by atoms with Crippen molar-refractivity contribution in [1.29, 1.82) is 0 Å². The Kier molecular flexibility index (Phi) is 11.8. The molecular weight excluding hydrogens is 264 g/mol. The van der Waals surface area contributed by atoms with Crippen molar-refractivity contribution in [2.24, 2.45) is 0 Å². The Morgan fingerprint density at radius 3 is 2.47 bits per heavy atom. The van der Waals surface area contributed by atoms with Crippen LogP contribution in [0.1, 0.15) is 32.6 Å². The molecule has 0 spiro atoms. The average Bonchev–Trinajstić information content (AvgIpc) is 2.39. The van der Waals surface area contributed by atoms with Gasteiger partial charge in [-0.05, 0) is 31.4 Å². The molecule has 0 aromatic rings. The molecule has 0 aromatic heterocycles. The van der Waals surface area contributed by atoms with Crippen LogP contribution in [0.15, 0.2) is 0 Å². The van der Waals surface area contributed by atoms with E-state index in [1.165, 1.54) is 39.0 Å². The van der Waals surface area contributed by atoms with E-state index in [4.69, 9.17) is 0 Å². The summed E-state index contributed by atoms with van der Waals surface area (Å²) in [7, 11) is 1.32. The molecule has 1 amide bonds. The molecule has 0 fully saturated rings. The third kappa shape index (κ3) is 10.8. The summed E-state index contributed by atoms with van der Waals surface area (Å²) >= 11 is 1.88. The number of carbonyl (C=O) groups excluding carboxylic acids is 2. The number of methoxy groups -OCH3 is 1. The van der Waals surface area contributed by atoms with Crippen molar-refractivity contribution < 1.29 is 14.3 Å². The highest BCUT2D eigenvalue weighted by atomic mass is 32.2. The van der Waals surface area contributed by atoms with E-state index in [0.717, 1.165) is 13.0 Å². The number of rotatable bonds is 11. The van der Waals surface area contributed by atoms with Crippen LogP contribution >= 0.6 is 11.8 Å². The number of nitrogens with one attached hydrogen (secondary N) is 2. The lowest BCUT2D eigenvalue weighted by molar-refractivity contribution is -0.144. The smallest absolute Gasteiger partial charge is 0.329 e. The van der Waals surface area contributed by atoms with Crippen molar-refractivity contribution in [3.05, 3.63) is 0 Å². The van der Waals surface area contributed by atoms with Crippen molar-refractivity contribution in [2.75, 3.05) is 32.2 Å². The molecule has 5 nitrogen and oxygen atoms in total. The van der Waals surface area contributed by atoms with Gasteiger partial charge in [0.2, 0.25) is 5.91 Å². The minimum Gasteiger partial charge on any atom is -0.467 e. The lowest BCUT2D eigenvalue weighted by Gasteiger charge is -2.16. The number of hydrogen-bond donors (Lipinski definition) is 2. The summed E-state index contributed by atoms with van der Waals surface area (Å²) in [5.41, 5.74) is 0. The van der Waals surface area contributed by atoms with Crippen LogP contribution in [-0.4, -0.2) is 50.1 Å². The summed E-state index contributed by atoms with van der Waals surface area (Å²) < 4.78 is 4.64. The van der Waals surface area contributed by atoms with Crippen molar-refractivity contribution in [2.45, 2.75) is 38.6 Å². The van der Waals surface area contributed by atoms with E-state index in [1.54, 1.807) is 0 Å². The Morgan fingerprint density at radius 2 is 1.89 bits per heavy atom. The first-order valence-electron chi connectivity index (χ1n) is 6.66. The van der Waals surface area contributed by atoms with Crippen molar-refractivity contribution >= 4 is 23.6 Å². The fraction of sp³-hybridized carbons (Fsp3) is 0.846. The molecular formula is C13H26N2O3S. The highest BCUT2D eigenvalue weighted by Gasteiger charge is 2.18. The molecule has 2 N–H and O–H groups in total. The van der Waals surface area contributed by atoms with Crippen LogP contribution in [0.3, 0.4) is 0 Å². The molecule has 0 heterocycles. The zero-order chi connectivity index (χ0) is 14.5. The SMILES string of the molecule is COC(=O)C(CNCCCCCCSC)NC(C)=O. The number of ether oxygens (including phenoxy) is 1. The van der Waals surface area contributed by atoms with E-state index < -0.39 is 12.0 Å². The van der Waals surface area contributed by atoms with Gasteiger partial charge in [-0.2, -0.15) is 11.8 Å². The van der Waals surface area contributed by atoms with Gasteiger partial charge in [0.05, 0.1) is 7.11 Å². The van der Waals surface area contributed by atoms with Crippen LogP contribution in [0.4, 0.5) is 0 Å². The molecule has 0 aliphatic rings. The molecule has 6 heteroatoms. The Hall–Kier alpha value is -0.750. The van der Waals surface area contributed by atoms with E-state index in [1.807, 2.05) is 11.8 Å². The van der Waals surface area contributed by atoms with Crippen LogP contribution in [0, 0.1) is 0 Å². The maximum absolute atomic E-state index is 11.4. The van der Waals surface area contributed by atoms with Crippen LogP contribution in [-0.2, 0) is 14.3 Å². The Bertz CT molecular complexity index is 262. The van der Waals surface area contributed by atoms with Gasteiger partial charge in [0, 0.05) is 13.5 Å². The van der Waals surface area contributed by atoms with Gasteiger partial charge in [0.25, 0.3) is 0 Å². The molecule has 1 unspecified atom stereocenters. The number of esters is 1. The van der Waals surface area contributed by atoms with Crippen LogP contribution in [0.2, 0.25) is 0 Å². The van der Waals surface area contributed by atoms with Crippen molar-refractivity contribution in [3.63, 3.8) is 0 Å². The van der Waals surface area contributed by atoms with E-state index >= 15 is 0 Å². The third-order valence-corrected chi connectivity index (χ3v) is 3.36. The summed E-state index contributed by atoms with van der Waals surface area (Å²) in [5.74, 6) is 0.581. The molecule has 0 aliphatic carbocycles. The molecule has 0 saturated heterocycles. The quantitative estimate of drug-likeness (QED) is 0.442. The Morgan fingerprint density at radius 1 is 1.21 bits per heavy atom. The van der Waals surface area contributed by atoms with Crippen LogP contribution < -0.4 is 10.6 Å². The summed E-state index contributed by atoms with van der Waals surface area (Å²) in [5, 5.41) is 5.75. The predicted octanol–water partition coefficient (Wildman–Crippen LogP) is 1.18. The molecule has 0 radical (unpaired) electrons. The zero-order valence-electron chi connectivity index (χ0n) is 12.2. The number of carbonyl (C=O) groups is 2. The zero-order valence-corrected chi connectivity index (χ0v) is 13.0. The summed E-state index contributed by atoms with van der Waals surface area (Å²) in [6.45, 7) is 2.66. The minimum absolute atomic E-state index is 0.228. The number of hydrogen-bond acceptors (Lipinski definition) is 5. The lowest BCUT2D eigenvalue weighted by Crippen LogP contribution is -2.47. The van der Waals surface area contributed by atoms with Gasteiger partial charge >= 0.3 is 5.97 Å². The minimum atomic E-state index is -0.598. The lowest BCUT2D eigenvalue weighted by atomic mass is 10.2. The number of thioether (sulfide) groups is 1. The maximum Gasteiger partial charge on any atom is 0.329 e. The largest absolute Gasteiger partial charge is 0.467 e. The van der Waals surface area contributed by atoms with Crippen molar-refractivity contribution in [1.82, 2.24) is 10.6 Å². The van der Waals surface area contributed by atoms with Gasteiger partial charge in [0.1, 0.15) is 6.04 Å². The topological polar surface area (TPSA) is 67.4 Å². The summed E-state index contributed by atoms with van der Waals surface area (Å²) in [4.78, 5) is 22.4. The first-order valence-corrected chi connectivity index (χ1v) is 8.05. The highest BCUT2D eigenvalue weighted by molar-refractivity contribution is 7.98. The normalized spacial score (nSPS) is 11.9. The van der Waals surface area contributed by atoms with Gasteiger partial charge in [-0.3, -0.25) is 4.79 Å². The molecule has 0 bridgehead atoms. The van der Waals surface area contributed by atoms with Gasteiger partial charge in [-0.15, -0.1) is 0 Å². The van der Waals surface area contributed by atoms with Crippen molar-refractivity contribution in [3.8, 4) is 0 Å².